The minimum Gasteiger partial charge on any atom is -0.355 e. The summed E-state index contributed by atoms with van der Waals surface area (Å²) in [5, 5.41) is 4.35. The largest absolute Gasteiger partial charge is 0.355 e. The number of likely N-dealkylation sites (tertiary alicyclic amines) is 1. The third kappa shape index (κ3) is 3.79. The van der Waals surface area contributed by atoms with E-state index in [1.165, 1.54) is 12.1 Å². The van der Waals surface area contributed by atoms with Crippen molar-refractivity contribution in [3.63, 3.8) is 0 Å². The fraction of sp³-hybridized carbons (Fsp3) is 0.364. The van der Waals surface area contributed by atoms with Crippen molar-refractivity contribution in [1.82, 2.24) is 10.1 Å². The van der Waals surface area contributed by atoms with Crippen molar-refractivity contribution in [3.8, 4) is 0 Å². The number of rotatable bonds is 5. The molecular formula is C22H25N3O4S. The van der Waals surface area contributed by atoms with Gasteiger partial charge in [0.1, 0.15) is 0 Å². The van der Waals surface area contributed by atoms with E-state index >= 15 is 0 Å². The van der Waals surface area contributed by atoms with Crippen LogP contribution in [0.1, 0.15) is 47.8 Å². The van der Waals surface area contributed by atoms with E-state index in [4.69, 9.17) is 4.52 Å². The van der Waals surface area contributed by atoms with Gasteiger partial charge in [-0.2, -0.15) is 0 Å². The molecule has 8 heteroatoms. The van der Waals surface area contributed by atoms with Gasteiger partial charge in [0, 0.05) is 13.1 Å². The van der Waals surface area contributed by atoms with Crippen molar-refractivity contribution in [2.45, 2.75) is 44.4 Å². The lowest BCUT2D eigenvalue weighted by molar-refractivity contribution is 0.0716. The highest BCUT2D eigenvalue weighted by molar-refractivity contribution is 7.92. The lowest BCUT2D eigenvalue weighted by Crippen LogP contribution is -2.35. The van der Waals surface area contributed by atoms with Gasteiger partial charge in [0.2, 0.25) is 0 Å². The summed E-state index contributed by atoms with van der Waals surface area (Å²) in [6.45, 7) is 5.21. The molecular weight excluding hydrogens is 402 g/mol. The van der Waals surface area contributed by atoms with E-state index in [2.05, 4.69) is 9.88 Å². The summed E-state index contributed by atoms with van der Waals surface area (Å²) in [5.41, 5.74) is 2.92. The molecule has 0 bridgehead atoms. The summed E-state index contributed by atoms with van der Waals surface area (Å²) in [6.07, 6.45) is 3.73. The quantitative estimate of drug-likeness (QED) is 0.661. The van der Waals surface area contributed by atoms with Crippen molar-refractivity contribution < 1.29 is 17.7 Å². The minimum absolute atomic E-state index is 0.0659. The zero-order valence-corrected chi connectivity index (χ0v) is 18.0. The predicted octanol–water partition coefficient (Wildman–Crippen LogP) is 4.13. The molecule has 1 aliphatic rings. The van der Waals surface area contributed by atoms with Gasteiger partial charge < -0.3 is 9.42 Å². The lowest BCUT2D eigenvalue weighted by Gasteiger charge is -2.25. The summed E-state index contributed by atoms with van der Waals surface area (Å²) in [5.74, 6) is -0.219. The molecule has 1 N–H and O–H groups in total. The van der Waals surface area contributed by atoms with E-state index in [9.17, 15) is 13.2 Å². The van der Waals surface area contributed by atoms with E-state index in [1.807, 2.05) is 32.0 Å². The molecule has 0 spiro atoms. The maximum absolute atomic E-state index is 13.1. The number of nitrogens with one attached hydrogen (secondary N) is 1. The molecule has 3 aromatic rings. The molecule has 4 rings (SSSR count). The molecule has 7 nitrogen and oxygen atoms in total. The van der Waals surface area contributed by atoms with Gasteiger partial charge in [0.05, 0.1) is 16.0 Å². The Kier molecular flexibility index (Phi) is 5.51. The Labute approximate surface area is 176 Å². The molecule has 30 heavy (non-hydrogen) atoms. The van der Waals surface area contributed by atoms with Crippen LogP contribution in [0.25, 0.3) is 11.0 Å². The first-order chi connectivity index (χ1) is 14.4. The fourth-order valence-corrected chi connectivity index (χ4v) is 5.05. The van der Waals surface area contributed by atoms with Gasteiger partial charge >= 0.3 is 0 Å². The first kappa shape index (κ1) is 20.4. The topological polar surface area (TPSA) is 92.5 Å². The van der Waals surface area contributed by atoms with Gasteiger partial charge in [0.25, 0.3) is 15.9 Å². The first-order valence-electron chi connectivity index (χ1n) is 10.2. The number of carbonyl (C=O) groups is 1. The van der Waals surface area contributed by atoms with Crippen LogP contribution in [0.2, 0.25) is 0 Å². The molecule has 2 aromatic carbocycles. The van der Waals surface area contributed by atoms with E-state index in [-0.39, 0.29) is 16.5 Å². The fourth-order valence-electron chi connectivity index (χ4n) is 3.85. The number of aryl methyl sites for hydroxylation is 2. The van der Waals surface area contributed by atoms with Crippen molar-refractivity contribution in [1.29, 1.82) is 0 Å². The highest BCUT2D eigenvalue weighted by atomic mass is 32.2. The van der Waals surface area contributed by atoms with Crippen molar-refractivity contribution in [3.05, 3.63) is 53.2 Å². The van der Waals surface area contributed by atoms with Gasteiger partial charge in [-0.3, -0.25) is 9.52 Å². The molecule has 0 unspecified atom stereocenters. The Bertz CT molecular complexity index is 1190. The van der Waals surface area contributed by atoms with Crippen molar-refractivity contribution >= 4 is 32.6 Å². The maximum atomic E-state index is 13.1. The van der Waals surface area contributed by atoms with Crippen LogP contribution < -0.4 is 4.72 Å². The minimum atomic E-state index is -3.85. The van der Waals surface area contributed by atoms with Crippen LogP contribution in [-0.4, -0.2) is 37.5 Å². The average Bonchev–Trinajstić information content (AvgIpc) is 3.18. The number of sulfonamides is 1. The number of para-hydroxylation sites is 1. The second kappa shape index (κ2) is 8.10. The third-order valence-electron chi connectivity index (χ3n) is 5.57. The number of fused-ring (bicyclic) bond motifs is 1. The number of nitrogens with zero attached hydrogens (tertiary/aromatic N) is 2. The number of hydrogen-bond donors (Lipinski definition) is 1. The number of benzene rings is 2. The first-order valence-corrected chi connectivity index (χ1v) is 11.7. The number of amides is 1. The summed E-state index contributed by atoms with van der Waals surface area (Å²) < 4.78 is 34.2. The summed E-state index contributed by atoms with van der Waals surface area (Å²) in [7, 11) is -3.85. The van der Waals surface area contributed by atoms with E-state index in [0.717, 1.165) is 30.4 Å². The summed E-state index contributed by atoms with van der Waals surface area (Å²) >= 11 is 0. The van der Waals surface area contributed by atoms with Gasteiger partial charge in [0.15, 0.2) is 11.3 Å². The van der Waals surface area contributed by atoms with Gasteiger partial charge in [-0.05, 0) is 61.9 Å². The molecule has 0 saturated carbocycles. The Morgan fingerprint density at radius 1 is 1.17 bits per heavy atom. The summed E-state index contributed by atoms with van der Waals surface area (Å²) in [4.78, 5) is 14.7. The van der Waals surface area contributed by atoms with Crippen LogP contribution in [0.4, 0.5) is 5.69 Å². The van der Waals surface area contributed by atoms with Gasteiger partial charge in [-0.1, -0.05) is 30.3 Å². The second-order valence-corrected chi connectivity index (χ2v) is 9.29. The third-order valence-corrected chi connectivity index (χ3v) is 6.92. The van der Waals surface area contributed by atoms with Crippen LogP contribution in [0.3, 0.4) is 0 Å². The van der Waals surface area contributed by atoms with Crippen molar-refractivity contribution in [2.24, 2.45) is 0 Å². The molecule has 1 fully saturated rings. The second-order valence-electron chi connectivity index (χ2n) is 7.61. The van der Waals surface area contributed by atoms with E-state index in [1.54, 1.807) is 11.0 Å². The molecule has 2 heterocycles. The van der Waals surface area contributed by atoms with E-state index in [0.29, 0.717) is 36.2 Å². The van der Waals surface area contributed by atoms with E-state index < -0.39 is 10.0 Å². The normalized spacial score (nSPS) is 14.8. The van der Waals surface area contributed by atoms with Gasteiger partial charge in [-0.15, -0.1) is 0 Å². The zero-order valence-electron chi connectivity index (χ0n) is 17.1. The van der Waals surface area contributed by atoms with Crippen molar-refractivity contribution in [2.75, 3.05) is 17.8 Å². The Morgan fingerprint density at radius 2 is 1.93 bits per heavy atom. The monoisotopic (exact) mass is 427 g/mol. The lowest BCUT2D eigenvalue weighted by atomic mass is 10.1. The number of hydrogen-bond acceptors (Lipinski definition) is 5. The molecule has 158 valence electrons. The molecule has 1 aliphatic heterocycles. The standard InChI is InChI=1S/C22H25N3O4S/c1-3-16-9-7-8-15(2)20(16)24-30(27,28)17-10-11-19-18(14-17)21(23-29-19)22(26)25-12-5-4-6-13-25/h7-11,14,24H,3-6,12-13H2,1-2H3. The molecule has 0 radical (unpaired) electrons. The van der Waals surface area contributed by atoms with Crippen LogP contribution in [0, 0.1) is 6.92 Å². The molecule has 1 saturated heterocycles. The molecule has 0 aliphatic carbocycles. The maximum Gasteiger partial charge on any atom is 0.276 e. The number of piperidine rings is 1. The highest BCUT2D eigenvalue weighted by Gasteiger charge is 2.25. The predicted molar refractivity (Wildman–Crippen MR) is 115 cm³/mol. The molecule has 1 aromatic heterocycles. The number of carbonyl (C=O) groups excluding carboxylic acids is 1. The highest BCUT2D eigenvalue weighted by Crippen LogP contribution is 2.28. The number of anilines is 1. The van der Waals surface area contributed by atoms with Crippen LogP contribution >= 0.6 is 0 Å². The SMILES string of the molecule is CCc1cccc(C)c1NS(=O)(=O)c1ccc2onc(C(=O)N3CCCCC3)c2c1. The number of aromatic nitrogens is 1. The smallest absolute Gasteiger partial charge is 0.276 e. The average molecular weight is 428 g/mol. The Balaban J connectivity index is 1.70. The summed E-state index contributed by atoms with van der Waals surface area (Å²) in [6, 6.07) is 10.2. The van der Waals surface area contributed by atoms with Crippen LogP contribution in [0.5, 0.6) is 0 Å². The molecule has 1 amide bonds. The zero-order chi connectivity index (χ0) is 21.3. The van der Waals surface area contributed by atoms with Gasteiger partial charge in [-0.25, -0.2) is 8.42 Å². The van der Waals surface area contributed by atoms with Crippen LogP contribution in [-0.2, 0) is 16.4 Å². The Hall–Kier alpha value is -2.87. The molecule has 0 atom stereocenters. The Morgan fingerprint density at radius 3 is 2.67 bits per heavy atom. The van der Waals surface area contributed by atoms with Crippen LogP contribution in [0.15, 0.2) is 45.8 Å².